The van der Waals surface area contributed by atoms with E-state index >= 15 is 0 Å². The molecule has 9 N–H and O–H groups in total. The summed E-state index contributed by atoms with van der Waals surface area (Å²) in [5, 5.41) is 97.6. The van der Waals surface area contributed by atoms with Crippen molar-refractivity contribution in [2.45, 2.75) is 180 Å². The zero-order valence-electron chi connectivity index (χ0n) is 34.0. The molecule has 0 aromatic rings. The Morgan fingerprint density at radius 3 is 1.89 bits per heavy atom. The molecule has 0 radical (unpaired) electrons. The van der Waals surface area contributed by atoms with Crippen LogP contribution < -0.4 is 0 Å². The molecule has 13 heteroatoms. The lowest BCUT2D eigenvalue weighted by Gasteiger charge is -2.71. The van der Waals surface area contributed by atoms with Crippen LogP contribution >= 0.6 is 0 Å². The Morgan fingerprint density at radius 1 is 0.673 bits per heavy atom. The van der Waals surface area contributed by atoms with Crippen LogP contribution in [-0.2, 0) is 18.9 Å². The molecule has 2 heterocycles. The molecule has 0 aromatic carbocycles. The second-order valence-electron chi connectivity index (χ2n) is 19.6. The summed E-state index contributed by atoms with van der Waals surface area (Å²) in [6.45, 7) is 16.3. The van der Waals surface area contributed by atoms with Gasteiger partial charge in [-0.25, -0.2) is 0 Å². The maximum absolute atomic E-state index is 12.2. The first-order valence-corrected chi connectivity index (χ1v) is 20.6. The summed E-state index contributed by atoms with van der Waals surface area (Å²) in [6.07, 6.45) is -7.67. The van der Waals surface area contributed by atoms with Gasteiger partial charge in [-0.05, 0) is 111 Å². The molecule has 0 aromatic heterocycles. The largest absolute Gasteiger partial charge is 0.394 e. The standard InChI is InChI=1S/C42H70O13/c1-20(2)10-9-11-21(3)22-12-14-42(8)29(22)23(45)16-28-40(6)17-24(46)36(39(4,5)27(40)13-15-41(28,42)7)55-38-35(33(50)31(48)26(19-44)53-38)54-37-34(51)32(49)30(47)25(18-43)52-37/h10-11,22-38,43-51H,9,12-19H2,1-8H3/b21-11-/t22-,23-,24-,25-,26-,27?,28-,29+,30-,31-,32+,33+,34-,35-,36+,37+,38+,40+,41-,42-/m1/s1. The number of allylic oxidation sites excluding steroid dienone is 4. The average molecular weight is 783 g/mol. The quantitative estimate of drug-likeness (QED) is 0.121. The van der Waals surface area contributed by atoms with Crippen LogP contribution in [-0.4, -0.2) is 139 Å². The molecular weight excluding hydrogens is 712 g/mol. The molecule has 4 saturated carbocycles. The van der Waals surface area contributed by atoms with Gasteiger partial charge in [-0.3, -0.25) is 0 Å². The van der Waals surface area contributed by atoms with Crippen molar-refractivity contribution in [3.8, 4) is 0 Å². The van der Waals surface area contributed by atoms with Crippen molar-refractivity contribution in [2.24, 2.45) is 45.3 Å². The molecule has 0 bridgehead atoms. The number of ether oxygens (including phenoxy) is 4. The van der Waals surface area contributed by atoms with E-state index in [0.29, 0.717) is 18.8 Å². The zero-order valence-corrected chi connectivity index (χ0v) is 34.0. The fourth-order valence-corrected chi connectivity index (χ4v) is 13.1. The number of rotatable bonds is 9. The van der Waals surface area contributed by atoms with Gasteiger partial charge in [0.2, 0.25) is 0 Å². The van der Waals surface area contributed by atoms with E-state index in [2.05, 4.69) is 67.5 Å². The second-order valence-corrected chi connectivity index (χ2v) is 19.6. The third kappa shape index (κ3) is 7.12. The van der Waals surface area contributed by atoms with Gasteiger partial charge in [0.25, 0.3) is 0 Å². The van der Waals surface area contributed by atoms with Crippen LogP contribution in [0.4, 0.5) is 0 Å². The van der Waals surface area contributed by atoms with E-state index in [1.165, 1.54) is 11.1 Å². The predicted octanol–water partition coefficient (Wildman–Crippen LogP) is 1.93. The predicted molar refractivity (Wildman–Crippen MR) is 201 cm³/mol. The Bertz CT molecular complexity index is 1420. The monoisotopic (exact) mass is 782 g/mol. The van der Waals surface area contributed by atoms with Crippen LogP contribution in [0.1, 0.15) is 100 Å². The van der Waals surface area contributed by atoms with Crippen molar-refractivity contribution in [1.82, 2.24) is 0 Å². The smallest absolute Gasteiger partial charge is 0.187 e. The maximum Gasteiger partial charge on any atom is 0.187 e. The Balaban J connectivity index is 1.26. The highest BCUT2D eigenvalue weighted by Gasteiger charge is 2.71. The van der Waals surface area contributed by atoms with Crippen LogP contribution in [0.25, 0.3) is 0 Å². The van der Waals surface area contributed by atoms with E-state index < -0.39 is 98.4 Å². The first-order valence-electron chi connectivity index (χ1n) is 20.6. The number of hydrogen-bond acceptors (Lipinski definition) is 13. The number of fused-ring (bicyclic) bond motifs is 5. The molecule has 6 fully saturated rings. The maximum atomic E-state index is 12.2. The fourth-order valence-electron chi connectivity index (χ4n) is 13.1. The van der Waals surface area contributed by atoms with E-state index in [0.717, 1.165) is 32.1 Å². The minimum absolute atomic E-state index is 0.0549. The highest BCUT2D eigenvalue weighted by atomic mass is 16.8. The summed E-state index contributed by atoms with van der Waals surface area (Å²) in [5.41, 5.74) is 1.45. The van der Waals surface area contributed by atoms with Crippen LogP contribution in [0, 0.1) is 45.3 Å². The molecule has 4 aliphatic carbocycles. The third-order valence-electron chi connectivity index (χ3n) is 16.1. The van der Waals surface area contributed by atoms with Crippen molar-refractivity contribution >= 4 is 0 Å². The molecule has 2 aliphatic heterocycles. The number of aliphatic hydroxyl groups is 9. The normalized spacial score (nSPS) is 52.5. The summed E-state index contributed by atoms with van der Waals surface area (Å²) in [5.74, 6) is 0.659. The molecule has 0 amide bonds. The minimum atomic E-state index is -1.79. The highest BCUT2D eigenvalue weighted by Crippen LogP contribution is 2.75. The molecule has 316 valence electrons. The van der Waals surface area contributed by atoms with Crippen molar-refractivity contribution in [2.75, 3.05) is 13.2 Å². The Kier molecular flexibility index (Phi) is 12.6. The lowest BCUT2D eigenvalue weighted by Crippen LogP contribution is -2.69. The van der Waals surface area contributed by atoms with Gasteiger partial charge < -0.3 is 64.9 Å². The van der Waals surface area contributed by atoms with Crippen molar-refractivity contribution in [3.05, 3.63) is 23.3 Å². The van der Waals surface area contributed by atoms with E-state index in [9.17, 15) is 46.0 Å². The highest BCUT2D eigenvalue weighted by molar-refractivity contribution is 5.23. The molecule has 0 spiro atoms. The molecule has 20 atom stereocenters. The Labute approximate surface area is 326 Å². The van der Waals surface area contributed by atoms with Gasteiger partial charge in [0.1, 0.15) is 48.8 Å². The van der Waals surface area contributed by atoms with Gasteiger partial charge >= 0.3 is 0 Å². The lowest BCUT2D eigenvalue weighted by atomic mass is 9.35. The molecule has 13 nitrogen and oxygen atoms in total. The van der Waals surface area contributed by atoms with Gasteiger partial charge in [-0.2, -0.15) is 0 Å². The van der Waals surface area contributed by atoms with E-state index in [4.69, 9.17) is 18.9 Å². The molecule has 2 saturated heterocycles. The van der Waals surface area contributed by atoms with Gasteiger partial charge in [0, 0.05) is 0 Å². The van der Waals surface area contributed by atoms with Crippen molar-refractivity contribution < 1.29 is 64.9 Å². The summed E-state index contributed by atoms with van der Waals surface area (Å²) in [7, 11) is 0. The summed E-state index contributed by atoms with van der Waals surface area (Å²) in [4.78, 5) is 0. The van der Waals surface area contributed by atoms with E-state index in [1.807, 2.05) is 0 Å². The fraction of sp³-hybridized carbons (Fsp3) is 0.905. The van der Waals surface area contributed by atoms with E-state index in [1.54, 1.807) is 0 Å². The van der Waals surface area contributed by atoms with Crippen LogP contribution in [0.5, 0.6) is 0 Å². The van der Waals surface area contributed by atoms with Crippen molar-refractivity contribution in [3.63, 3.8) is 0 Å². The van der Waals surface area contributed by atoms with Gasteiger partial charge in [0.15, 0.2) is 12.6 Å². The lowest BCUT2D eigenvalue weighted by molar-refractivity contribution is -0.383. The Morgan fingerprint density at radius 2 is 1.27 bits per heavy atom. The second kappa shape index (κ2) is 15.9. The van der Waals surface area contributed by atoms with Crippen molar-refractivity contribution in [1.29, 1.82) is 0 Å². The minimum Gasteiger partial charge on any atom is -0.394 e. The van der Waals surface area contributed by atoms with Crippen LogP contribution in [0.3, 0.4) is 0 Å². The van der Waals surface area contributed by atoms with Gasteiger partial charge in [0.05, 0.1) is 31.5 Å². The SMILES string of the molecule is CC(C)=CC/C=C(/C)[C@H]1CC[C@]2(C)[C@@H]1[C@H](O)C[C@@H]1[C@@]3(C)C[C@@H](O)[C@H](O[C@@H]4O[C@H](CO)[C@@H](O)[C@H](O)[C@H]4O[C@@H]4O[C@H](CO)[C@@H](O)[C@H](O)[C@H]4O)C(C)(C)C3CC[C@]12C. The van der Waals surface area contributed by atoms with Crippen LogP contribution in [0.15, 0.2) is 23.3 Å². The topological polar surface area (TPSA) is 219 Å². The first kappa shape index (κ1) is 43.5. The van der Waals surface area contributed by atoms with E-state index in [-0.39, 0.29) is 34.0 Å². The molecule has 6 rings (SSSR count). The molecule has 6 aliphatic rings. The number of aliphatic hydroxyl groups excluding tert-OH is 9. The first-order chi connectivity index (χ1) is 25.7. The molecule has 55 heavy (non-hydrogen) atoms. The van der Waals surface area contributed by atoms with Crippen LogP contribution in [0.2, 0.25) is 0 Å². The average Bonchev–Trinajstić information content (AvgIpc) is 3.49. The van der Waals surface area contributed by atoms with Gasteiger partial charge in [-0.15, -0.1) is 0 Å². The summed E-state index contributed by atoms with van der Waals surface area (Å²) in [6, 6.07) is 0. The molecular formula is C42H70O13. The Hall–Kier alpha value is -1.04. The number of hydrogen-bond donors (Lipinski definition) is 9. The molecule has 1 unspecified atom stereocenters. The zero-order chi connectivity index (χ0) is 40.6. The summed E-state index contributed by atoms with van der Waals surface area (Å²) >= 11 is 0. The third-order valence-corrected chi connectivity index (χ3v) is 16.1. The summed E-state index contributed by atoms with van der Waals surface area (Å²) < 4.78 is 24.1. The van der Waals surface area contributed by atoms with Gasteiger partial charge in [-0.1, -0.05) is 57.9 Å².